The third kappa shape index (κ3) is 1.10. The Morgan fingerprint density at radius 2 is 2.12 bits per heavy atom. The van der Waals surface area contributed by atoms with Crippen LogP contribution in [0.3, 0.4) is 0 Å². The minimum absolute atomic E-state index is 0.518. The van der Waals surface area contributed by atoms with Crippen molar-refractivity contribution < 1.29 is 9.47 Å². The molecule has 0 N–H and O–H groups in total. The van der Waals surface area contributed by atoms with Crippen molar-refractivity contribution in [2.24, 2.45) is 5.11 Å². The lowest BCUT2D eigenvalue weighted by Crippen LogP contribution is -1.99. The third-order valence-electron chi connectivity index (χ3n) is 0.750. The van der Waals surface area contributed by atoms with Gasteiger partial charge in [-0.15, -0.1) is 0 Å². The molecule has 5 heteroatoms. The molecule has 0 bridgehead atoms. The van der Waals surface area contributed by atoms with Gasteiger partial charge in [-0.2, -0.15) is 0 Å². The molecule has 0 radical (unpaired) electrons. The fraction of sp³-hybridized carbons (Fsp3) is 1.00. The predicted molar refractivity (Wildman–Crippen MR) is 24.8 cm³/mol. The Morgan fingerprint density at radius 3 is 2.62 bits per heavy atom. The summed E-state index contributed by atoms with van der Waals surface area (Å²) < 4.78 is 9.50. The van der Waals surface area contributed by atoms with Crippen LogP contribution in [0.4, 0.5) is 0 Å². The van der Waals surface area contributed by atoms with Gasteiger partial charge in [-0.1, -0.05) is 0 Å². The van der Waals surface area contributed by atoms with Crippen LogP contribution in [0.5, 0.6) is 0 Å². The Hall–Kier alpha value is -0.770. The lowest BCUT2D eigenvalue weighted by atomic mass is 10.8. The molecule has 1 saturated heterocycles. The number of hydrogen-bond donors (Lipinski definition) is 0. The van der Waals surface area contributed by atoms with Gasteiger partial charge in [-0.25, -0.2) is 0 Å². The standard InChI is InChI=1S/C3H5N3O2/c4-6-5-3-7-1-2-8-3/h3H,1-2H2. The van der Waals surface area contributed by atoms with Gasteiger partial charge >= 0.3 is 0 Å². The van der Waals surface area contributed by atoms with Gasteiger partial charge in [0.2, 0.25) is 6.41 Å². The molecule has 0 aromatic carbocycles. The highest BCUT2D eigenvalue weighted by atomic mass is 16.7. The summed E-state index contributed by atoms with van der Waals surface area (Å²) in [6.45, 7) is 1.04. The Labute approximate surface area is 45.8 Å². The molecule has 5 nitrogen and oxygen atoms in total. The first-order valence-electron chi connectivity index (χ1n) is 2.21. The van der Waals surface area contributed by atoms with Crippen LogP contribution in [0.25, 0.3) is 10.4 Å². The zero-order valence-electron chi connectivity index (χ0n) is 4.15. The molecule has 0 atom stereocenters. The molecule has 1 fully saturated rings. The van der Waals surface area contributed by atoms with E-state index in [9.17, 15) is 0 Å². The van der Waals surface area contributed by atoms with Gasteiger partial charge in [0, 0.05) is 4.91 Å². The van der Waals surface area contributed by atoms with E-state index in [1.165, 1.54) is 0 Å². The highest BCUT2D eigenvalue weighted by Crippen LogP contribution is 2.03. The van der Waals surface area contributed by atoms with Crippen molar-refractivity contribution in [3.05, 3.63) is 10.4 Å². The largest absolute Gasteiger partial charge is 0.345 e. The number of hydrogen-bond acceptors (Lipinski definition) is 3. The fourth-order valence-electron chi connectivity index (χ4n) is 0.455. The van der Waals surface area contributed by atoms with Crippen molar-refractivity contribution in [3.63, 3.8) is 0 Å². The summed E-state index contributed by atoms with van der Waals surface area (Å²) in [5.41, 5.74) is 7.82. The molecular weight excluding hydrogens is 110 g/mol. The summed E-state index contributed by atoms with van der Waals surface area (Å²) in [7, 11) is 0. The molecule has 1 rings (SSSR count). The van der Waals surface area contributed by atoms with Crippen molar-refractivity contribution in [2.45, 2.75) is 6.41 Å². The molecule has 0 saturated carbocycles. The molecule has 8 heavy (non-hydrogen) atoms. The van der Waals surface area contributed by atoms with Crippen molar-refractivity contribution >= 4 is 0 Å². The summed E-state index contributed by atoms with van der Waals surface area (Å²) in [6, 6.07) is 0. The van der Waals surface area contributed by atoms with Crippen molar-refractivity contribution in [1.29, 1.82) is 0 Å². The first-order valence-corrected chi connectivity index (χ1v) is 2.21. The summed E-state index contributed by atoms with van der Waals surface area (Å²) in [4.78, 5) is 2.49. The molecule has 0 unspecified atom stereocenters. The van der Waals surface area contributed by atoms with Crippen LogP contribution in [-0.4, -0.2) is 19.6 Å². The molecule has 1 aliphatic rings. The van der Waals surface area contributed by atoms with Gasteiger partial charge in [0.25, 0.3) is 0 Å². The zero-order chi connectivity index (χ0) is 5.82. The number of nitrogens with zero attached hydrogens (tertiary/aromatic N) is 3. The summed E-state index contributed by atoms with van der Waals surface area (Å²) in [6.07, 6.45) is -0.681. The molecule has 0 aromatic rings. The molecule has 44 valence electrons. The first-order chi connectivity index (χ1) is 3.93. The molecule has 0 amide bonds. The predicted octanol–water partition coefficient (Wildman–Crippen LogP) is 0.627. The van der Waals surface area contributed by atoms with Crippen LogP contribution in [0, 0.1) is 0 Å². The fourth-order valence-corrected chi connectivity index (χ4v) is 0.455. The molecule has 0 spiro atoms. The highest BCUT2D eigenvalue weighted by Gasteiger charge is 2.11. The second-order valence-corrected chi connectivity index (χ2v) is 1.25. The Morgan fingerprint density at radius 1 is 1.50 bits per heavy atom. The Bertz CT molecular complexity index is 114. The van der Waals surface area contributed by atoms with Crippen molar-refractivity contribution in [2.75, 3.05) is 13.2 Å². The van der Waals surface area contributed by atoms with E-state index in [4.69, 9.17) is 15.0 Å². The van der Waals surface area contributed by atoms with Crippen LogP contribution in [0.2, 0.25) is 0 Å². The van der Waals surface area contributed by atoms with Crippen LogP contribution in [0.1, 0.15) is 0 Å². The second-order valence-electron chi connectivity index (χ2n) is 1.25. The average Bonchev–Trinajstić information content (AvgIpc) is 2.19. The van der Waals surface area contributed by atoms with Gasteiger partial charge in [0.15, 0.2) is 0 Å². The SMILES string of the molecule is [N-]=[N+]=NC1OCCO1. The summed E-state index contributed by atoms with van der Waals surface area (Å²) >= 11 is 0. The summed E-state index contributed by atoms with van der Waals surface area (Å²) in [5.74, 6) is 0. The first kappa shape index (κ1) is 5.37. The number of azide groups is 1. The smallest absolute Gasteiger partial charge is 0.238 e. The van der Waals surface area contributed by atoms with Crippen LogP contribution >= 0.6 is 0 Å². The topological polar surface area (TPSA) is 67.2 Å². The maximum Gasteiger partial charge on any atom is 0.238 e. The van der Waals surface area contributed by atoms with Crippen LogP contribution in [-0.2, 0) is 9.47 Å². The van der Waals surface area contributed by atoms with E-state index in [1.807, 2.05) is 0 Å². The molecular formula is C3H5N3O2. The Kier molecular flexibility index (Phi) is 1.69. The molecule has 1 aliphatic heterocycles. The second kappa shape index (κ2) is 2.52. The quantitative estimate of drug-likeness (QED) is 0.285. The Balaban J connectivity index is 2.35. The summed E-state index contributed by atoms with van der Waals surface area (Å²) in [5, 5.41) is 3.16. The van der Waals surface area contributed by atoms with E-state index in [2.05, 4.69) is 10.0 Å². The lowest BCUT2D eigenvalue weighted by Gasteiger charge is -1.95. The minimum Gasteiger partial charge on any atom is -0.345 e. The third-order valence-corrected chi connectivity index (χ3v) is 0.750. The lowest BCUT2D eigenvalue weighted by molar-refractivity contribution is -0.0349. The minimum atomic E-state index is -0.681. The van der Waals surface area contributed by atoms with E-state index >= 15 is 0 Å². The average molecular weight is 115 g/mol. The monoisotopic (exact) mass is 115 g/mol. The van der Waals surface area contributed by atoms with Gasteiger partial charge in [-0.05, 0) is 10.6 Å². The highest BCUT2D eigenvalue weighted by molar-refractivity contribution is 4.49. The number of rotatable bonds is 1. The maximum atomic E-state index is 7.82. The van der Waals surface area contributed by atoms with E-state index in [-0.39, 0.29) is 0 Å². The number of ether oxygens (including phenoxy) is 2. The van der Waals surface area contributed by atoms with E-state index in [0.29, 0.717) is 13.2 Å². The van der Waals surface area contributed by atoms with Gasteiger partial charge in [0.1, 0.15) is 0 Å². The van der Waals surface area contributed by atoms with Crippen molar-refractivity contribution in [1.82, 2.24) is 0 Å². The normalized spacial score (nSPS) is 20.5. The van der Waals surface area contributed by atoms with E-state index in [1.54, 1.807) is 0 Å². The molecule has 0 aliphatic carbocycles. The van der Waals surface area contributed by atoms with Crippen LogP contribution < -0.4 is 0 Å². The van der Waals surface area contributed by atoms with E-state index < -0.39 is 6.41 Å². The van der Waals surface area contributed by atoms with Gasteiger partial charge in [-0.3, -0.25) is 0 Å². The van der Waals surface area contributed by atoms with E-state index in [0.717, 1.165) is 0 Å². The van der Waals surface area contributed by atoms with Crippen molar-refractivity contribution in [3.8, 4) is 0 Å². The zero-order valence-corrected chi connectivity index (χ0v) is 4.15. The van der Waals surface area contributed by atoms with Gasteiger partial charge in [0.05, 0.1) is 13.2 Å². The molecule has 0 aromatic heterocycles. The van der Waals surface area contributed by atoms with Crippen LogP contribution in [0.15, 0.2) is 5.11 Å². The van der Waals surface area contributed by atoms with Gasteiger partial charge < -0.3 is 9.47 Å². The molecule has 1 heterocycles. The maximum absolute atomic E-state index is 7.82.